The molecule has 1 spiro atoms. The van der Waals surface area contributed by atoms with Gasteiger partial charge in [-0.1, -0.05) is 0 Å². The van der Waals surface area contributed by atoms with Gasteiger partial charge in [-0.25, -0.2) is 9.97 Å². The number of nitrogens with one attached hydrogen (secondary N) is 1. The van der Waals surface area contributed by atoms with Crippen LogP contribution in [0.5, 0.6) is 0 Å². The highest BCUT2D eigenvalue weighted by Crippen LogP contribution is 2.29. The average Bonchev–Trinajstić information content (AvgIpc) is 2.88. The number of carbonyl (C=O) groups excluding carboxylic acids is 1. The van der Waals surface area contributed by atoms with Gasteiger partial charge >= 0.3 is 0 Å². The fourth-order valence-electron chi connectivity index (χ4n) is 2.67. The molecule has 2 saturated heterocycles. The van der Waals surface area contributed by atoms with E-state index < -0.39 is 0 Å². The minimum absolute atomic E-state index is 0.0431. The topological polar surface area (TPSA) is 76.6 Å². The number of aromatic nitrogens is 2. The Morgan fingerprint density at radius 3 is 3.20 bits per heavy atom. The molecule has 0 bridgehead atoms. The van der Waals surface area contributed by atoms with E-state index in [-0.39, 0.29) is 18.1 Å². The molecular weight excluding hydrogens is 260 g/mol. The molecule has 0 saturated carbocycles. The zero-order valence-electron chi connectivity index (χ0n) is 11.5. The van der Waals surface area contributed by atoms with Gasteiger partial charge in [0.25, 0.3) is 0 Å². The molecular formula is C13H18N4O3. The van der Waals surface area contributed by atoms with Crippen molar-refractivity contribution in [2.45, 2.75) is 18.6 Å². The van der Waals surface area contributed by atoms with Crippen LogP contribution in [0.25, 0.3) is 0 Å². The maximum absolute atomic E-state index is 11.2. The molecule has 1 atom stereocenters. The summed E-state index contributed by atoms with van der Waals surface area (Å²) in [6.07, 6.45) is 2.44. The van der Waals surface area contributed by atoms with E-state index in [0.29, 0.717) is 13.2 Å². The molecule has 1 aromatic heterocycles. The van der Waals surface area contributed by atoms with E-state index in [1.165, 1.54) is 0 Å². The molecule has 20 heavy (non-hydrogen) atoms. The highest BCUT2D eigenvalue weighted by atomic mass is 16.5. The lowest BCUT2D eigenvalue weighted by molar-refractivity contribution is -0.141. The van der Waals surface area contributed by atoms with Crippen molar-refractivity contribution in [2.24, 2.45) is 0 Å². The lowest BCUT2D eigenvalue weighted by Crippen LogP contribution is -2.53. The second kappa shape index (κ2) is 5.34. The first-order valence-electron chi connectivity index (χ1n) is 6.66. The summed E-state index contributed by atoms with van der Waals surface area (Å²) in [6, 6.07) is 1.93. The third-order valence-electron chi connectivity index (χ3n) is 3.76. The second-order valence-electron chi connectivity index (χ2n) is 5.22. The molecule has 0 aliphatic carbocycles. The van der Waals surface area contributed by atoms with Gasteiger partial charge in [-0.15, -0.1) is 0 Å². The minimum Gasteiger partial charge on any atom is -0.378 e. The molecule has 108 valence electrons. The smallest absolute Gasteiger partial charge is 0.246 e. The van der Waals surface area contributed by atoms with E-state index in [0.717, 1.165) is 31.0 Å². The molecule has 1 N–H and O–H groups in total. The molecule has 7 heteroatoms. The van der Waals surface area contributed by atoms with Crippen molar-refractivity contribution in [1.29, 1.82) is 0 Å². The van der Waals surface area contributed by atoms with Crippen molar-refractivity contribution in [3.05, 3.63) is 18.1 Å². The van der Waals surface area contributed by atoms with E-state index >= 15 is 0 Å². The number of nitrogens with zero attached hydrogens (tertiary/aromatic N) is 3. The highest BCUT2D eigenvalue weighted by molar-refractivity contribution is 5.78. The third-order valence-corrected chi connectivity index (χ3v) is 3.76. The van der Waals surface area contributed by atoms with E-state index in [1.54, 1.807) is 13.4 Å². The van der Waals surface area contributed by atoms with Gasteiger partial charge in [0.15, 0.2) is 0 Å². The summed E-state index contributed by atoms with van der Waals surface area (Å²) in [6.45, 7) is 2.78. The lowest BCUT2D eigenvalue weighted by atomic mass is 10.0. The number of anilines is 1. The zero-order chi connectivity index (χ0) is 14.0. The van der Waals surface area contributed by atoms with Gasteiger partial charge < -0.3 is 19.7 Å². The Hall–Kier alpha value is -1.73. The van der Waals surface area contributed by atoms with Crippen molar-refractivity contribution in [2.75, 3.05) is 38.3 Å². The van der Waals surface area contributed by atoms with Crippen LogP contribution in [0.2, 0.25) is 0 Å². The van der Waals surface area contributed by atoms with Crippen molar-refractivity contribution >= 4 is 11.7 Å². The predicted molar refractivity (Wildman–Crippen MR) is 71.3 cm³/mol. The summed E-state index contributed by atoms with van der Waals surface area (Å²) in [5, 5.41) is 2.88. The number of hydrogen-bond donors (Lipinski definition) is 1. The molecule has 1 unspecified atom stereocenters. The maximum atomic E-state index is 11.2. The number of amides is 1. The maximum Gasteiger partial charge on any atom is 0.246 e. The second-order valence-corrected chi connectivity index (χ2v) is 5.22. The molecule has 0 aromatic carbocycles. The van der Waals surface area contributed by atoms with Crippen LogP contribution in [-0.4, -0.2) is 54.8 Å². The van der Waals surface area contributed by atoms with Gasteiger partial charge in [0.05, 0.1) is 18.8 Å². The number of carbonyl (C=O) groups is 1. The Morgan fingerprint density at radius 1 is 1.55 bits per heavy atom. The summed E-state index contributed by atoms with van der Waals surface area (Å²) >= 11 is 0. The first-order chi connectivity index (χ1) is 9.71. The van der Waals surface area contributed by atoms with E-state index in [2.05, 4.69) is 20.2 Å². The standard InChI is InChI=1S/C13H18N4O3/c1-19-5-10-4-11(16-9-15-10)17-3-2-13(8-17)7-14-12(18)6-20-13/h4,9H,2-3,5-8H2,1H3,(H,14,18). The molecule has 0 radical (unpaired) electrons. The molecule has 1 amide bonds. The summed E-state index contributed by atoms with van der Waals surface area (Å²) in [7, 11) is 1.64. The van der Waals surface area contributed by atoms with Gasteiger partial charge in [0, 0.05) is 26.3 Å². The van der Waals surface area contributed by atoms with E-state index in [4.69, 9.17) is 9.47 Å². The Bertz CT molecular complexity index is 498. The normalized spacial score (nSPS) is 26.1. The summed E-state index contributed by atoms with van der Waals surface area (Å²) in [5.41, 5.74) is 0.580. The summed E-state index contributed by atoms with van der Waals surface area (Å²) in [5.74, 6) is 0.836. The van der Waals surface area contributed by atoms with Gasteiger partial charge in [0.1, 0.15) is 24.4 Å². The zero-order valence-corrected chi connectivity index (χ0v) is 11.5. The monoisotopic (exact) mass is 278 g/mol. The van der Waals surface area contributed by atoms with Crippen LogP contribution in [-0.2, 0) is 20.9 Å². The van der Waals surface area contributed by atoms with Gasteiger partial charge in [0.2, 0.25) is 5.91 Å². The van der Waals surface area contributed by atoms with Crippen LogP contribution in [0, 0.1) is 0 Å². The Balaban J connectivity index is 1.70. The quantitative estimate of drug-likeness (QED) is 0.819. The first-order valence-corrected chi connectivity index (χ1v) is 6.66. The van der Waals surface area contributed by atoms with Crippen LogP contribution in [0.1, 0.15) is 12.1 Å². The molecule has 2 fully saturated rings. The van der Waals surface area contributed by atoms with Crippen molar-refractivity contribution in [1.82, 2.24) is 15.3 Å². The molecule has 1 aromatic rings. The highest BCUT2D eigenvalue weighted by Gasteiger charge is 2.42. The number of ether oxygens (including phenoxy) is 2. The Labute approximate surface area is 117 Å². The molecule has 2 aliphatic rings. The molecule has 3 rings (SSSR count). The summed E-state index contributed by atoms with van der Waals surface area (Å²) in [4.78, 5) is 21.8. The third kappa shape index (κ3) is 2.59. The van der Waals surface area contributed by atoms with E-state index in [1.807, 2.05) is 6.07 Å². The van der Waals surface area contributed by atoms with Crippen LogP contribution in [0.3, 0.4) is 0 Å². The fraction of sp³-hybridized carbons (Fsp3) is 0.615. The van der Waals surface area contributed by atoms with Gasteiger partial charge in [-0.2, -0.15) is 0 Å². The Kier molecular flexibility index (Phi) is 3.54. The average molecular weight is 278 g/mol. The lowest BCUT2D eigenvalue weighted by Gasteiger charge is -2.33. The van der Waals surface area contributed by atoms with Crippen LogP contribution in [0.15, 0.2) is 12.4 Å². The number of hydrogen-bond acceptors (Lipinski definition) is 6. The molecule has 3 heterocycles. The van der Waals surface area contributed by atoms with Crippen molar-refractivity contribution in [3.8, 4) is 0 Å². The predicted octanol–water partition coefficient (Wildman–Crippen LogP) is -0.282. The van der Waals surface area contributed by atoms with Gasteiger partial charge in [-0.3, -0.25) is 4.79 Å². The van der Waals surface area contributed by atoms with Crippen LogP contribution >= 0.6 is 0 Å². The fourth-order valence-corrected chi connectivity index (χ4v) is 2.67. The van der Waals surface area contributed by atoms with Gasteiger partial charge in [-0.05, 0) is 6.42 Å². The SMILES string of the molecule is COCc1cc(N2CCC3(CNC(=O)CO3)C2)ncn1. The number of rotatable bonds is 3. The number of morpholine rings is 1. The van der Waals surface area contributed by atoms with Crippen molar-refractivity contribution in [3.63, 3.8) is 0 Å². The first kappa shape index (κ1) is 13.3. The molecule has 2 aliphatic heterocycles. The molecule has 7 nitrogen and oxygen atoms in total. The number of methoxy groups -OCH3 is 1. The largest absolute Gasteiger partial charge is 0.378 e. The van der Waals surface area contributed by atoms with Crippen LogP contribution in [0.4, 0.5) is 5.82 Å². The van der Waals surface area contributed by atoms with E-state index in [9.17, 15) is 4.79 Å². The Morgan fingerprint density at radius 2 is 2.45 bits per heavy atom. The van der Waals surface area contributed by atoms with Crippen molar-refractivity contribution < 1.29 is 14.3 Å². The minimum atomic E-state index is -0.278. The summed E-state index contributed by atoms with van der Waals surface area (Å²) < 4.78 is 10.8. The van der Waals surface area contributed by atoms with Crippen LogP contribution < -0.4 is 10.2 Å².